The van der Waals surface area contributed by atoms with Gasteiger partial charge in [-0.05, 0) is 60.9 Å². The summed E-state index contributed by atoms with van der Waals surface area (Å²) < 4.78 is 27.4. The van der Waals surface area contributed by atoms with Gasteiger partial charge >= 0.3 is 0 Å². The van der Waals surface area contributed by atoms with E-state index in [0.717, 1.165) is 37.7 Å². The molecule has 1 amide bonds. The number of nitrogens with zero attached hydrogens (tertiary/aromatic N) is 2. The third kappa shape index (κ3) is 4.76. The Morgan fingerprint density at radius 2 is 1.62 bits per heavy atom. The standard InChI is InChI=1S/C23H23ClN4O3S/c24-18-7-4-6-17(16-18)23(12-2-1-3-13-23)21(29)27-19-8-10-20(11-9-19)32(30,31)28-22-25-14-5-15-26-22/h4-11,14-16H,1-3,12-13H2,(H,27,29)(H,25,26,28). The minimum atomic E-state index is -3.84. The molecule has 2 N–H and O–H groups in total. The molecule has 0 atom stereocenters. The number of halogens is 1. The van der Waals surface area contributed by atoms with Crippen LogP contribution in [-0.4, -0.2) is 24.3 Å². The molecule has 0 aliphatic heterocycles. The first kappa shape index (κ1) is 22.2. The summed E-state index contributed by atoms with van der Waals surface area (Å²) in [6.07, 6.45) is 7.41. The second-order valence-electron chi connectivity index (χ2n) is 7.81. The van der Waals surface area contributed by atoms with Crippen LogP contribution in [-0.2, 0) is 20.2 Å². The highest BCUT2D eigenvalue weighted by atomic mass is 35.5. The van der Waals surface area contributed by atoms with Gasteiger partial charge in [0.05, 0.1) is 10.3 Å². The molecule has 0 saturated heterocycles. The molecule has 1 saturated carbocycles. The molecule has 1 aliphatic carbocycles. The van der Waals surface area contributed by atoms with E-state index in [4.69, 9.17) is 11.6 Å². The fourth-order valence-electron chi connectivity index (χ4n) is 4.09. The zero-order valence-corrected chi connectivity index (χ0v) is 18.9. The number of rotatable bonds is 6. The molecule has 7 nitrogen and oxygen atoms in total. The van der Waals surface area contributed by atoms with Gasteiger partial charge in [-0.3, -0.25) is 4.79 Å². The molecule has 2 aromatic carbocycles. The number of carbonyl (C=O) groups excluding carboxylic acids is 1. The normalized spacial score (nSPS) is 15.7. The van der Waals surface area contributed by atoms with Gasteiger partial charge in [-0.25, -0.2) is 23.1 Å². The molecule has 1 aromatic heterocycles. The molecule has 1 aliphatic rings. The zero-order chi connectivity index (χ0) is 22.6. The van der Waals surface area contributed by atoms with Gasteiger partial charge in [0.25, 0.3) is 10.0 Å². The van der Waals surface area contributed by atoms with E-state index < -0.39 is 15.4 Å². The molecule has 166 valence electrons. The molecule has 0 radical (unpaired) electrons. The van der Waals surface area contributed by atoms with Crippen LogP contribution in [0.25, 0.3) is 0 Å². The molecular formula is C23H23ClN4O3S. The van der Waals surface area contributed by atoms with Crippen molar-refractivity contribution < 1.29 is 13.2 Å². The first-order chi connectivity index (χ1) is 15.4. The molecule has 0 bridgehead atoms. The van der Waals surface area contributed by atoms with Gasteiger partial charge < -0.3 is 5.32 Å². The largest absolute Gasteiger partial charge is 0.325 e. The van der Waals surface area contributed by atoms with E-state index in [-0.39, 0.29) is 16.8 Å². The Morgan fingerprint density at radius 3 is 2.28 bits per heavy atom. The van der Waals surface area contributed by atoms with E-state index in [2.05, 4.69) is 20.0 Å². The Balaban J connectivity index is 1.54. The number of hydrogen-bond donors (Lipinski definition) is 2. The predicted molar refractivity (Wildman–Crippen MR) is 124 cm³/mol. The third-order valence-corrected chi connectivity index (χ3v) is 7.31. The van der Waals surface area contributed by atoms with Gasteiger partial charge in [0.1, 0.15) is 0 Å². The fourth-order valence-corrected chi connectivity index (χ4v) is 5.24. The number of amides is 1. The van der Waals surface area contributed by atoms with Crippen LogP contribution in [0.2, 0.25) is 5.02 Å². The monoisotopic (exact) mass is 470 g/mol. The molecule has 0 unspecified atom stereocenters. The highest BCUT2D eigenvalue weighted by Crippen LogP contribution is 2.41. The van der Waals surface area contributed by atoms with E-state index in [0.29, 0.717) is 10.7 Å². The Morgan fingerprint density at radius 1 is 0.938 bits per heavy atom. The summed E-state index contributed by atoms with van der Waals surface area (Å²) in [6.45, 7) is 0. The molecule has 3 aromatic rings. The van der Waals surface area contributed by atoms with Gasteiger partial charge in [0.15, 0.2) is 0 Å². The third-order valence-electron chi connectivity index (χ3n) is 5.73. The summed E-state index contributed by atoms with van der Waals surface area (Å²) in [7, 11) is -3.84. The number of benzene rings is 2. The quantitative estimate of drug-likeness (QED) is 0.540. The summed E-state index contributed by atoms with van der Waals surface area (Å²) in [5.74, 6) is -0.114. The smallest absolute Gasteiger partial charge is 0.264 e. The average Bonchev–Trinajstić information content (AvgIpc) is 2.80. The lowest BCUT2D eigenvalue weighted by molar-refractivity contribution is -0.122. The van der Waals surface area contributed by atoms with Crippen molar-refractivity contribution in [3.8, 4) is 0 Å². The lowest BCUT2D eigenvalue weighted by atomic mass is 9.68. The van der Waals surface area contributed by atoms with Crippen molar-refractivity contribution in [1.29, 1.82) is 0 Å². The van der Waals surface area contributed by atoms with Crippen LogP contribution >= 0.6 is 11.6 Å². The van der Waals surface area contributed by atoms with Gasteiger partial charge in [0, 0.05) is 23.1 Å². The highest BCUT2D eigenvalue weighted by molar-refractivity contribution is 7.92. The summed E-state index contributed by atoms with van der Waals surface area (Å²) >= 11 is 6.21. The molecule has 4 rings (SSSR count). The highest BCUT2D eigenvalue weighted by Gasteiger charge is 2.41. The zero-order valence-electron chi connectivity index (χ0n) is 17.3. The summed E-state index contributed by atoms with van der Waals surface area (Å²) in [4.78, 5) is 21.2. The van der Waals surface area contributed by atoms with Crippen molar-refractivity contribution in [2.24, 2.45) is 0 Å². The Kier molecular flexibility index (Phi) is 6.43. The van der Waals surface area contributed by atoms with Crippen LogP contribution in [0.3, 0.4) is 0 Å². The average molecular weight is 471 g/mol. The van der Waals surface area contributed by atoms with Crippen molar-refractivity contribution in [1.82, 2.24) is 9.97 Å². The van der Waals surface area contributed by atoms with Crippen molar-refractivity contribution in [3.05, 3.63) is 77.6 Å². The van der Waals surface area contributed by atoms with E-state index in [1.807, 2.05) is 18.2 Å². The first-order valence-corrected chi connectivity index (χ1v) is 12.2. The van der Waals surface area contributed by atoms with Gasteiger partial charge in [-0.2, -0.15) is 0 Å². The van der Waals surface area contributed by atoms with Crippen LogP contribution in [0.1, 0.15) is 37.7 Å². The maximum absolute atomic E-state index is 13.4. The van der Waals surface area contributed by atoms with E-state index in [9.17, 15) is 13.2 Å². The number of sulfonamides is 1. The molecular weight excluding hydrogens is 448 g/mol. The van der Waals surface area contributed by atoms with Crippen LogP contribution in [0.4, 0.5) is 11.6 Å². The van der Waals surface area contributed by atoms with E-state index in [1.165, 1.54) is 24.5 Å². The maximum Gasteiger partial charge on any atom is 0.264 e. The molecule has 1 fully saturated rings. The van der Waals surface area contributed by atoms with E-state index in [1.54, 1.807) is 24.3 Å². The second kappa shape index (κ2) is 9.26. The summed E-state index contributed by atoms with van der Waals surface area (Å²) in [6, 6.07) is 15.1. The number of carbonyl (C=O) groups is 1. The topological polar surface area (TPSA) is 101 Å². The minimum Gasteiger partial charge on any atom is -0.325 e. The Bertz CT molecular complexity index is 1200. The van der Waals surface area contributed by atoms with Crippen LogP contribution in [0.5, 0.6) is 0 Å². The number of hydrogen-bond acceptors (Lipinski definition) is 5. The van der Waals surface area contributed by atoms with E-state index >= 15 is 0 Å². The minimum absolute atomic E-state index is 0.00867. The first-order valence-electron chi connectivity index (χ1n) is 10.4. The number of aromatic nitrogens is 2. The molecule has 0 spiro atoms. The van der Waals surface area contributed by atoms with Crippen LogP contribution < -0.4 is 10.0 Å². The number of nitrogens with one attached hydrogen (secondary N) is 2. The lowest BCUT2D eigenvalue weighted by Gasteiger charge is -2.36. The van der Waals surface area contributed by atoms with Crippen molar-refractivity contribution in [2.45, 2.75) is 42.4 Å². The van der Waals surface area contributed by atoms with Gasteiger partial charge in [-0.15, -0.1) is 0 Å². The molecule has 1 heterocycles. The Labute approximate surface area is 192 Å². The van der Waals surface area contributed by atoms with Crippen LogP contribution in [0, 0.1) is 0 Å². The second-order valence-corrected chi connectivity index (χ2v) is 9.93. The molecule has 9 heteroatoms. The maximum atomic E-state index is 13.4. The van der Waals surface area contributed by atoms with Crippen molar-refractivity contribution in [2.75, 3.05) is 10.0 Å². The predicted octanol–water partition coefficient (Wildman–Crippen LogP) is 4.77. The summed E-state index contributed by atoms with van der Waals surface area (Å²) in [5.41, 5.74) is 0.783. The van der Waals surface area contributed by atoms with Crippen LogP contribution in [0.15, 0.2) is 71.9 Å². The summed E-state index contributed by atoms with van der Waals surface area (Å²) in [5, 5.41) is 3.58. The Hall–Kier alpha value is -2.97. The van der Waals surface area contributed by atoms with Crippen molar-refractivity contribution >= 4 is 39.2 Å². The number of anilines is 2. The molecule has 32 heavy (non-hydrogen) atoms. The van der Waals surface area contributed by atoms with Gasteiger partial charge in [-0.1, -0.05) is 43.0 Å². The van der Waals surface area contributed by atoms with Gasteiger partial charge in [0.2, 0.25) is 11.9 Å². The SMILES string of the molecule is O=C(Nc1ccc(S(=O)(=O)Nc2ncccn2)cc1)C1(c2cccc(Cl)c2)CCCCC1. The van der Waals surface area contributed by atoms with Crippen molar-refractivity contribution in [3.63, 3.8) is 0 Å². The fraction of sp³-hybridized carbons (Fsp3) is 0.261. The lowest BCUT2D eigenvalue weighted by Crippen LogP contribution is -2.42.